The molecular weight excluding hydrogens is 145 g/mol. The molecule has 0 aromatic heterocycles. The van der Waals surface area contributed by atoms with Crippen molar-refractivity contribution in [2.24, 2.45) is 0 Å². The third-order valence-corrected chi connectivity index (χ3v) is 1.25. The van der Waals surface area contributed by atoms with Crippen LogP contribution in [-0.4, -0.2) is 13.8 Å². The molecule has 0 atom stereocenters. The quantitative estimate of drug-likeness (QED) is 0.489. The molecular formula is C8H14FNO. The van der Waals surface area contributed by atoms with Crippen molar-refractivity contribution < 1.29 is 9.13 Å². The molecule has 0 aliphatic rings. The van der Waals surface area contributed by atoms with Gasteiger partial charge in [0.15, 0.2) is 0 Å². The standard InChI is InChI=1S/C8H14FNO/c1-4-7(9)8(5-2)10-6-11-3/h4,10H,1,5-6H2,2-3H3/b8-7-. The van der Waals surface area contributed by atoms with Gasteiger partial charge in [0.25, 0.3) is 0 Å². The van der Waals surface area contributed by atoms with Crippen LogP contribution in [0.4, 0.5) is 4.39 Å². The normalized spacial score (nSPS) is 12.3. The molecule has 0 aromatic rings. The molecule has 11 heavy (non-hydrogen) atoms. The fraction of sp³-hybridized carbons (Fsp3) is 0.500. The molecule has 0 bridgehead atoms. The van der Waals surface area contributed by atoms with Gasteiger partial charge in [-0.05, 0) is 12.5 Å². The van der Waals surface area contributed by atoms with Crippen molar-refractivity contribution in [3.8, 4) is 0 Å². The Bertz CT molecular complexity index is 154. The summed E-state index contributed by atoms with van der Waals surface area (Å²) in [6, 6.07) is 0. The average Bonchev–Trinajstić information content (AvgIpc) is 2.05. The Morgan fingerprint density at radius 2 is 2.36 bits per heavy atom. The maximum atomic E-state index is 12.8. The number of ether oxygens (including phenoxy) is 1. The van der Waals surface area contributed by atoms with Crippen LogP contribution in [0.25, 0.3) is 0 Å². The van der Waals surface area contributed by atoms with Crippen molar-refractivity contribution in [1.82, 2.24) is 5.32 Å². The summed E-state index contributed by atoms with van der Waals surface area (Å²) in [6.45, 7) is 5.51. The Morgan fingerprint density at radius 3 is 2.73 bits per heavy atom. The van der Waals surface area contributed by atoms with E-state index in [1.807, 2.05) is 6.92 Å². The zero-order chi connectivity index (χ0) is 8.69. The topological polar surface area (TPSA) is 21.3 Å². The van der Waals surface area contributed by atoms with E-state index in [2.05, 4.69) is 11.9 Å². The predicted octanol–water partition coefficient (Wildman–Crippen LogP) is 1.96. The lowest BCUT2D eigenvalue weighted by atomic mass is 10.3. The molecule has 3 heteroatoms. The van der Waals surface area contributed by atoms with Crippen LogP contribution >= 0.6 is 0 Å². The second-order valence-corrected chi connectivity index (χ2v) is 1.99. The summed E-state index contributed by atoms with van der Waals surface area (Å²) in [7, 11) is 1.55. The Morgan fingerprint density at radius 1 is 1.73 bits per heavy atom. The van der Waals surface area contributed by atoms with Crippen molar-refractivity contribution in [2.45, 2.75) is 13.3 Å². The SMILES string of the molecule is C=C/C(F)=C(\CC)NCOC. The summed E-state index contributed by atoms with van der Waals surface area (Å²) < 4.78 is 17.5. The van der Waals surface area contributed by atoms with Crippen LogP contribution < -0.4 is 5.32 Å². The maximum absolute atomic E-state index is 12.8. The van der Waals surface area contributed by atoms with Gasteiger partial charge in [-0.1, -0.05) is 13.5 Å². The molecule has 0 heterocycles. The molecule has 0 rings (SSSR count). The summed E-state index contributed by atoms with van der Waals surface area (Å²) >= 11 is 0. The van der Waals surface area contributed by atoms with Gasteiger partial charge in [-0.15, -0.1) is 0 Å². The minimum atomic E-state index is -0.315. The lowest BCUT2D eigenvalue weighted by Gasteiger charge is -2.07. The van der Waals surface area contributed by atoms with E-state index in [1.165, 1.54) is 6.08 Å². The molecule has 0 aliphatic heterocycles. The summed E-state index contributed by atoms with van der Waals surface area (Å²) in [4.78, 5) is 0. The first-order valence-corrected chi connectivity index (χ1v) is 3.50. The van der Waals surface area contributed by atoms with Crippen molar-refractivity contribution in [2.75, 3.05) is 13.8 Å². The number of methoxy groups -OCH3 is 1. The number of hydrogen-bond donors (Lipinski definition) is 1. The van der Waals surface area contributed by atoms with Gasteiger partial charge in [0, 0.05) is 12.8 Å². The fourth-order valence-electron chi connectivity index (χ4n) is 0.661. The van der Waals surface area contributed by atoms with E-state index in [0.717, 1.165) is 0 Å². The van der Waals surface area contributed by atoms with Crippen molar-refractivity contribution >= 4 is 0 Å². The highest BCUT2D eigenvalue weighted by molar-refractivity contribution is 5.15. The summed E-state index contributed by atoms with van der Waals surface area (Å²) in [5, 5.41) is 2.78. The predicted molar refractivity (Wildman–Crippen MR) is 43.6 cm³/mol. The Balaban J connectivity index is 4.03. The molecule has 0 radical (unpaired) electrons. The molecule has 2 nitrogen and oxygen atoms in total. The molecule has 0 saturated heterocycles. The minimum Gasteiger partial charge on any atom is -0.365 e. The molecule has 0 saturated carbocycles. The summed E-state index contributed by atoms with van der Waals surface area (Å²) in [6.07, 6.45) is 1.79. The Kier molecular flexibility index (Phi) is 5.47. The third kappa shape index (κ3) is 3.78. The smallest absolute Gasteiger partial charge is 0.141 e. The van der Waals surface area contributed by atoms with E-state index < -0.39 is 0 Å². The molecule has 0 fully saturated rings. The van der Waals surface area contributed by atoms with Gasteiger partial charge in [0.2, 0.25) is 0 Å². The minimum absolute atomic E-state index is 0.315. The number of rotatable bonds is 5. The molecule has 0 unspecified atom stereocenters. The van der Waals surface area contributed by atoms with Gasteiger partial charge in [-0.25, -0.2) is 4.39 Å². The number of allylic oxidation sites excluding steroid dienone is 3. The van der Waals surface area contributed by atoms with Crippen LogP contribution in [0.2, 0.25) is 0 Å². The highest BCUT2D eigenvalue weighted by Gasteiger charge is 1.98. The first kappa shape index (κ1) is 10.2. The van der Waals surface area contributed by atoms with Crippen LogP contribution in [0.15, 0.2) is 24.2 Å². The lowest BCUT2D eigenvalue weighted by Crippen LogP contribution is -2.16. The molecule has 0 spiro atoms. The van der Waals surface area contributed by atoms with E-state index in [0.29, 0.717) is 18.8 Å². The zero-order valence-corrected chi connectivity index (χ0v) is 6.98. The molecule has 64 valence electrons. The molecule has 0 aliphatic carbocycles. The van der Waals surface area contributed by atoms with Crippen molar-refractivity contribution in [3.05, 3.63) is 24.2 Å². The molecule has 0 amide bonds. The summed E-state index contributed by atoms with van der Waals surface area (Å²) in [5.74, 6) is -0.315. The van der Waals surface area contributed by atoms with Crippen molar-refractivity contribution in [3.63, 3.8) is 0 Å². The van der Waals surface area contributed by atoms with E-state index in [9.17, 15) is 4.39 Å². The number of nitrogens with one attached hydrogen (secondary N) is 1. The molecule has 0 aromatic carbocycles. The Hall–Kier alpha value is -0.830. The van der Waals surface area contributed by atoms with Crippen LogP contribution in [0.1, 0.15) is 13.3 Å². The van der Waals surface area contributed by atoms with Crippen LogP contribution in [0, 0.1) is 0 Å². The van der Waals surface area contributed by atoms with Crippen LogP contribution in [0.3, 0.4) is 0 Å². The van der Waals surface area contributed by atoms with Gasteiger partial charge < -0.3 is 10.1 Å². The van der Waals surface area contributed by atoms with E-state index in [4.69, 9.17) is 4.74 Å². The highest BCUT2D eigenvalue weighted by atomic mass is 19.1. The van der Waals surface area contributed by atoms with Crippen LogP contribution in [0.5, 0.6) is 0 Å². The van der Waals surface area contributed by atoms with E-state index in [1.54, 1.807) is 7.11 Å². The Labute approximate surface area is 66.7 Å². The lowest BCUT2D eigenvalue weighted by molar-refractivity contribution is 0.182. The first-order chi connectivity index (χ1) is 5.26. The van der Waals surface area contributed by atoms with Gasteiger partial charge >= 0.3 is 0 Å². The average molecular weight is 159 g/mol. The second kappa shape index (κ2) is 5.92. The fourth-order valence-corrected chi connectivity index (χ4v) is 0.661. The van der Waals surface area contributed by atoms with Gasteiger partial charge in [-0.3, -0.25) is 0 Å². The zero-order valence-electron chi connectivity index (χ0n) is 6.98. The molecule has 1 N–H and O–H groups in total. The monoisotopic (exact) mass is 159 g/mol. The first-order valence-electron chi connectivity index (χ1n) is 3.50. The third-order valence-electron chi connectivity index (χ3n) is 1.25. The maximum Gasteiger partial charge on any atom is 0.141 e. The van der Waals surface area contributed by atoms with E-state index in [-0.39, 0.29) is 5.83 Å². The van der Waals surface area contributed by atoms with Gasteiger partial charge in [0.1, 0.15) is 12.6 Å². The number of hydrogen-bond acceptors (Lipinski definition) is 2. The second-order valence-electron chi connectivity index (χ2n) is 1.99. The summed E-state index contributed by atoms with van der Waals surface area (Å²) in [5.41, 5.74) is 0.529. The van der Waals surface area contributed by atoms with Gasteiger partial charge in [0.05, 0.1) is 0 Å². The number of halogens is 1. The largest absolute Gasteiger partial charge is 0.365 e. The van der Waals surface area contributed by atoms with E-state index >= 15 is 0 Å². The highest BCUT2D eigenvalue weighted by Crippen LogP contribution is 2.07. The van der Waals surface area contributed by atoms with Crippen molar-refractivity contribution in [1.29, 1.82) is 0 Å². The van der Waals surface area contributed by atoms with Crippen LogP contribution in [-0.2, 0) is 4.74 Å². The van der Waals surface area contributed by atoms with Gasteiger partial charge in [-0.2, -0.15) is 0 Å².